The van der Waals surface area contributed by atoms with E-state index >= 15 is 0 Å². The average Bonchev–Trinajstić information content (AvgIpc) is 3.04. The average molecular weight is 346 g/mol. The molecular formula is C17H13F3N4O. The third-order valence-corrected chi connectivity index (χ3v) is 4.24. The van der Waals surface area contributed by atoms with Crippen molar-refractivity contribution in [3.8, 4) is 5.69 Å². The number of amides is 1. The van der Waals surface area contributed by atoms with Crippen molar-refractivity contribution in [2.75, 3.05) is 5.32 Å². The van der Waals surface area contributed by atoms with Gasteiger partial charge in [0.15, 0.2) is 5.65 Å². The highest BCUT2D eigenvalue weighted by atomic mass is 19.4. The standard InChI is InChI=1S/C17H13F3N4O/c1-8-5-11(6-10-7-14(25)23-15(8)10)24-9(2)21-12-3-4-13(17(18,19)20)22-16(12)24/h3-6H,7H2,1-2H3,(H,23,25). The highest BCUT2D eigenvalue weighted by Crippen LogP contribution is 2.33. The molecule has 3 heterocycles. The van der Waals surface area contributed by atoms with Crippen LogP contribution in [0, 0.1) is 13.8 Å². The molecule has 0 spiro atoms. The minimum atomic E-state index is -4.53. The molecule has 4 rings (SSSR count). The third kappa shape index (κ3) is 2.45. The number of carbonyl (C=O) groups is 1. The number of alkyl halides is 3. The van der Waals surface area contributed by atoms with E-state index in [1.54, 1.807) is 23.6 Å². The molecule has 0 aliphatic carbocycles. The lowest BCUT2D eigenvalue weighted by Crippen LogP contribution is -2.09. The predicted molar refractivity (Wildman–Crippen MR) is 85.7 cm³/mol. The molecule has 0 unspecified atom stereocenters. The molecule has 1 aromatic carbocycles. The smallest absolute Gasteiger partial charge is 0.325 e. The number of hydrogen-bond donors (Lipinski definition) is 1. The minimum Gasteiger partial charge on any atom is -0.325 e. The maximum atomic E-state index is 13.0. The molecule has 3 aromatic rings. The van der Waals surface area contributed by atoms with Crippen LogP contribution in [0.25, 0.3) is 16.9 Å². The first kappa shape index (κ1) is 15.6. The molecule has 8 heteroatoms. The molecule has 1 aliphatic heterocycles. The lowest BCUT2D eigenvalue weighted by molar-refractivity contribution is -0.141. The van der Waals surface area contributed by atoms with Crippen LogP contribution in [0.1, 0.15) is 22.6 Å². The van der Waals surface area contributed by atoms with Crippen LogP contribution in [-0.2, 0) is 17.4 Å². The van der Waals surface area contributed by atoms with Crippen molar-refractivity contribution in [2.45, 2.75) is 26.4 Å². The summed E-state index contributed by atoms with van der Waals surface area (Å²) in [5.41, 5.74) is 2.62. The quantitative estimate of drug-likeness (QED) is 0.733. The number of pyridine rings is 1. The number of carbonyl (C=O) groups excluding carboxylic acids is 1. The van der Waals surface area contributed by atoms with Gasteiger partial charge in [0.1, 0.15) is 17.0 Å². The van der Waals surface area contributed by atoms with Crippen LogP contribution in [0.2, 0.25) is 0 Å². The first-order chi connectivity index (χ1) is 11.7. The molecule has 0 atom stereocenters. The van der Waals surface area contributed by atoms with E-state index in [1.165, 1.54) is 6.07 Å². The van der Waals surface area contributed by atoms with Crippen LogP contribution in [-0.4, -0.2) is 20.4 Å². The van der Waals surface area contributed by atoms with E-state index in [1.807, 2.05) is 6.92 Å². The number of halogens is 3. The molecule has 128 valence electrons. The molecule has 0 saturated heterocycles. The number of imidazole rings is 1. The number of anilines is 1. The van der Waals surface area contributed by atoms with E-state index in [-0.39, 0.29) is 18.0 Å². The Balaban J connectivity index is 1.95. The van der Waals surface area contributed by atoms with Crippen LogP contribution in [0.4, 0.5) is 18.9 Å². The lowest BCUT2D eigenvalue weighted by atomic mass is 10.1. The molecule has 0 saturated carbocycles. The van der Waals surface area contributed by atoms with Gasteiger partial charge in [-0.05, 0) is 49.2 Å². The van der Waals surface area contributed by atoms with Crippen LogP contribution < -0.4 is 5.32 Å². The molecule has 0 bridgehead atoms. The van der Waals surface area contributed by atoms with Gasteiger partial charge in [-0.25, -0.2) is 9.97 Å². The SMILES string of the molecule is Cc1cc(-n2c(C)nc3ccc(C(F)(F)F)nc32)cc2c1NC(=O)C2. The summed E-state index contributed by atoms with van der Waals surface area (Å²) in [5.74, 6) is 0.429. The Hall–Kier alpha value is -2.90. The molecule has 1 amide bonds. The zero-order valence-electron chi connectivity index (χ0n) is 13.4. The van der Waals surface area contributed by atoms with Gasteiger partial charge < -0.3 is 5.32 Å². The molecule has 2 aromatic heterocycles. The van der Waals surface area contributed by atoms with E-state index in [0.29, 0.717) is 17.0 Å². The second kappa shape index (κ2) is 5.05. The first-order valence-electron chi connectivity index (χ1n) is 7.61. The van der Waals surface area contributed by atoms with Crippen molar-refractivity contribution in [1.29, 1.82) is 0 Å². The van der Waals surface area contributed by atoms with Gasteiger partial charge in [-0.2, -0.15) is 13.2 Å². The van der Waals surface area contributed by atoms with Crippen molar-refractivity contribution < 1.29 is 18.0 Å². The van der Waals surface area contributed by atoms with Crippen molar-refractivity contribution in [2.24, 2.45) is 0 Å². The number of nitrogens with one attached hydrogen (secondary N) is 1. The second-order valence-electron chi connectivity index (χ2n) is 6.05. The molecular weight excluding hydrogens is 333 g/mol. The Bertz CT molecular complexity index is 1040. The fourth-order valence-corrected chi connectivity index (χ4v) is 3.18. The van der Waals surface area contributed by atoms with E-state index in [0.717, 1.165) is 22.9 Å². The topological polar surface area (TPSA) is 59.8 Å². The van der Waals surface area contributed by atoms with Gasteiger partial charge in [-0.15, -0.1) is 0 Å². The summed E-state index contributed by atoms with van der Waals surface area (Å²) in [4.78, 5) is 19.7. The molecule has 5 nitrogen and oxygen atoms in total. The summed E-state index contributed by atoms with van der Waals surface area (Å²) >= 11 is 0. The third-order valence-electron chi connectivity index (χ3n) is 4.24. The van der Waals surface area contributed by atoms with E-state index in [2.05, 4.69) is 15.3 Å². The highest BCUT2D eigenvalue weighted by molar-refractivity contribution is 6.00. The summed E-state index contributed by atoms with van der Waals surface area (Å²) < 4.78 is 40.6. The van der Waals surface area contributed by atoms with Crippen molar-refractivity contribution in [3.05, 3.63) is 46.9 Å². The fraction of sp³-hybridized carbons (Fsp3) is 0.235. The van der Waals surface area contributed by atoms with Gasteiger partial charge >= 0.3 is 6.18 Å². The molecule has 1 aliphatic rings. The van der Waals surface area contributed by atoms with Crippen molar-refractivity contribution in [1.82, 2.24) is 14.5 Å². The Morgan fingerprint density at radius 2 is 1.92 bits per heavy atom. The maximum Gasteiger partial charge on any atom is 0.433 e. The summed E-state index contributed by atoms with van der Waals surface area (Å²) in [6.45, 7) is 3.55. The number of hydrogen-bond acceptors (Lipinski definition) is 3. The molecule has 0 radical (unpaired) electrons. The van der Waals surface area contributed by atoms with Crippen molar-refractivity contribution in [3.63, 3.8) is 0 Å². The first-order valence-corrected chi connectivity index (χ1v) is 7.61. The summed E-state index contributed by atoms with van der Waals surface area (Å²) in [7, 11) is 0. The Kier molecular flexibility index (Phi) is 3.15. The Morgan fingerprint density at radius 1 is 1.16 bits per heavy atom. The summed E-state index contributed by atoms with van der Waals surface area (Å²) in [6.07, 6.45) is -4.28. The van der Waals surface area contributed by atoms with E-state index < -0.39 is 11.9 Å². The number of aryl methyl sites for hydroxylation is 2. The lowest BCUT2D eigenvalue weighted by Gasteiger charge is -2.12. The van der Waals surface area contributed by atoms with Gasteiger partial charge in [0.05, 0.1) is 6.42 Å². The normalized spacial score (nSPS) is 14.0. The summed E-state index contributed by atoms with van der Waals surface area (Å²) in [6, 6.07) is 5.84. The predicted octanol–water partition coefficient (Wildman–Crippen LogP) is 3.55. The van der Waals surface area contributed by atoms with Crippen LogP contribution >= 0.6 is 0 Å². The van der Waals surface area contributed by atoms with Gasteiger partial charge in [-0.1, -0.05) is 0 Å². The highest BCUT2D eigenvalue weighted by Gasteiger charge is 2.33. The van der Waals surface area contributed by atoms with Gasteiger partial charge in [-0.3, -0.25) is 9.36 Å². The number of aromatic nitrogens is 3. The van der Waals surface area contributed by atoms with Gasteiger partial charge in [0, 0.05) is 11.4 Å². The largest absolute Gasteiger partial charge is 0.433 e. The zero-order valence-corrected chi connectivity index (χ0v) is 13.4. The Labute approximate surface area is 140 Å². The van der Waals surface area contributed by atoms with Gasteiger partial charge in [0.25, 0.3) is 0 Å². The monoisotopic (exact) mass is 346 g/mol. The fourth-order valence-electron chi connectivity index (χ4n) is 3.18. The minimum absolute atomic E-state index is 0.0973. The number of rotatable bonds is 1. The maximum absolute atomic E-state index is 13.0. The van der Waals surface area contributed by atoms with Gasteiger partial charge in [0.2, 0.25) is 5.91 Å². The number of nitrogens with zero attached hydrogens (tertiary/aromatic N) is 3. The summed E-state index contributed by atoms with van der Waals surface area (Å²) in [5, 5.41) is 2.79. The van der Waals surface area contributed by atoms with Crippen molar-refractivity contribution >= 4 is 22.8 Å². The molecule has 0 fully saturated rings. The second-order valence-corrected chi connectivity index (χ2v) is 6.05. The van der Waals surface area contributed by atoms with E-state index in [9.17, 15) is 18.0 Å². The molecule has 25 heavy (non-hydrogen) atoms. The van der Waals surface area contributed by atoms with E-state index in [4.69, 9.17) is 0 Å². The van der Waals surface area contributed by atoms with Crippen LogP contribution in [0.15, 0.2) is 24.3 Å². The number of benzene rings is 1. The molecule has 1 N–H and O–H groups in total. The van der Waals surface area contributed by atoms with Crippen LogP contribution in [0.5, 0.6) is 0 Å². The Morgan fingerprint density at radius 3 is 2.64 bits per heavy atom. The zero-order chi connectivity index (χ0) is 17.9. The van der Waals surface area contributed by atoms with Crippen LogP contribution in [0.3, 0.4) is 0 Å². The number of fused-ring (bicyclic) bond motifs is 2.